The second-order valence-electron chi connectivity index (χ2n) is 7.03. The number of nitrogens with zero attached hydrogens (tertiary/aromatic N) is 3. The Balaban J connectivity index is 1.59. The molecule has 4 aromatic rings. The fourth-order valence-electron chi connectivity index (χ4n) is 3.78. The first-order valence-electron chi connectivity index (χ1n) is 9.34. The lowest BCUT2D eigenvalue weighted by Gasteiger charge is -2.28. The highest BCUT2D eigenvalue weighted by atomic mass is 19.1. The maximum absolute atomic E-state index is 14.2. The lowest BCUT2D eigenvalue weighted by molar-refractivity contribution is 0.0734. The Bertz CT molecular complexity index is 1290. The summed E-state index contributed by atoms with van der Waals surface area (Å²) in [5.74, 6) is -0.469. The number of rotatable bonds is 2. The number of hydrogen-bond acceptors (Lipinski definition) is 3. The van der Waals surface area contributed by atoms with Crippen molar-refractivity contribution in [3.05, 3.63) is 93.9 Å². The van der Waals surface area contributed by atoms with Crippen LogP contribution in [0.3, 0.4) is 0 Å². The average Bonchev–Trinajstić information content (AvgIpc) is 3.20. The summed E-state index contributed by atoms with van der Waals surface area (Å²) < 4.78 is 15.6. The Morgan fingerprint density at radius 1 is 1.07 bits per heavy atom. The number of H-pyrrole nitrogens is 1. The van der Waals surface area contributed by atoms with E-state index in [4.69, 9.17) is 0 Å². The quantitative estimate of drug-likeness (QED) is 0.574. The maximum atomic E-state index is 14.2. The fourth-order valence-corrected chi connectivity index (χ4v) is 3.78. The molecule has 1 amide bonds. The minimum atomic E-state index is -0.401. The van der Waals surface area contributed by atoms with Crippen LogP contribution in [0.25, 0.3) is 16.9 Å². The molecule has 2 aromatic heterocycles. The summed E-state index contributed by atoms with van der Waals surface area (Å²) in [4.78, 5) is 34.5. The Morgan fingerprint density at radius 3 is 2.62 bits per heavy atom. The van der Waals surface area contributed by atoms with Crippen molar-refractivity contribution in [2.75, 3.05) is 6.54 Å². The van der Waals surface area contributed by atoms with Gasteiger partial charge in [0, 0.05) is 41.5 Å². The Morgan fingerprint density at radius 2 is 1.83 bits per heavy atom. The normalized spacial score (nSPS) is 13.5. The largest absolute Gasteiger partial charge is 0.334 e. The van der Waals surface area contributed by atoms with E-state index in [9.17, 15) is 14.0 Å². The number of imidazole rings is 1. The summed E-state index contributed by atoms with van der Waals surface area (Å²) in [6.07, 6.45) is 2.06. The molecule has 0 fully saturated rings. The molecule has 0 unspecified atom stereocenters. The molecular formula is C22H17FN4O2. The minimum absolute atomic E-state index is 0.0681. The predicted molar refractivity (Wildman–Crippen MR) is 106 cm³/mol. The molecule has 0 radical (unpaired) electrons. The van der Waals surface area contributed by atoms with Gasteiger partial charge in [-0.25, -0.2) is 14.2 Å². The zero-order valence-corrected chi connectivity index (χ0v) is 15.4. The molecular weight excluding hydrogens is 371 g/mol. The standard InChI is InChI=1S/C22H17FN4O2/c23-17-9-5-4-8-15(17)19-13-27-20(24-19)16-12-26(11-10-18(16)25-22(27)29)21(28)14-6-2-1-3-7-14/h1-9,13H,10-12H2,(H,25,29). The number of nitrogens with one attached hydrogen (secondary N) is 1. The number of carbonyl (C=O) groups excluding carboxylic acids is 1. The van der Waals surface area contributed by atoms with Crippen molar-refractivity contribution in [3.8, 4) is 11.3 Å². The molecule has 0 aliphatic carbocycles. The predicted octanol–water partition coefficient (Wildman–Crippen LogP) is 3.03. The van der Waals surface area contributed by atoms with E-state index in [-0.39, 0.29) is 11.6 Å². The molecule has 1 N–H and O–H groups in total. The van der Waals surface area contributed by atoms with Gasteiger partial charge in [-0.15, -0.1) is 0 Å². The smallest absolute Gasteiger partial charge is 0.331 e. The van der Waals surface area contributed by atoms with Crippen molar-refractivity contribution in [1.29, 1.82) is 0 Å². The summed E-state index contributed by atoms with van der Waals surface area (Å²) in [5.41, 5.74) is 3.01. The van der Waals surface area contributed by atoms with E-state index in [1.165, 1.54) is 16.7 Å². The van der Waals surface area contributed by atoms with Crippen molar-refractivity contribution in [3.63, 3.8) is 0 Å². The van der Waals surface area contributed by atoms with Gasteiger partial charge < -0.3 is 9.88 Å². The molecule has 2 aromatic carbocycles. The van der Waals surface area contributed by atoms with Crippen LogP contribution in [0.5, 0.6) is 0 Å². The van der Waals surface area contributed by atoms with Crippen LogP contribution < -0.4 is 5.69 Å². The van der Waals surface area contributed by atoms with Crippen LogP contribution in [0.4, 0.5) is 4.39 Å². The number of aromatic amines is 1. The van der Waals surface area contributed by atoms with Gasteiger partial charge in [0.2, 0.25) is 0 Å². The van der Waals surface area contributed by atoms with E-state index in [2.05, 4.69) is 9.97 Å². The number of halogens is 1. The van der Waals surface area contributed by atoms with Crippen molar-refractivity contribution < 1.29 is 9.18 Å². The van der Waals surface area contributed by atoms with Crippen LogP contribution in [0.2, 0.25) is 0 Å². The first-order valence-corrected chi connectivity index (χ1v) is 9.34. The molecule has 0 saturated carbocycles. The third-order valence-electron chi connectivity index (χ3n) is 5.26. The SMILES string of the molecule is O=C(c1ccccc1)N1CCc2[nH]c(=O)n3cc(-c4ccccc4F)nc3c2C1. The van der Waals surface area contributed by atoms with Crippen LogP contribution in [-0.4, -0.2) is 31.7 Å². The summed E-state index contributed by atoms with van der Waals surface area (Å²) in [6, 6.07) is 15.4. The van der Waals surface area contributed by atoms with Gasteiger partial charge in [0.25, 0.3) is 5.91 Å². The van der Waals surface area contributed by atoms with E-state index >= 15 is 0 Å². The van der Waals surface area contributed by atoms with Crippen LogP contribution in [0.1, 0.15) is 21.6 Å². The summed E-state index contributed by atoms with van der Waals surface area (Å²) >= 11 is 0. The highest BCUT2D eigenvalue weighted by Crippen LogP contribution is 2.26. The van der Waals surface area contributed by atoms with Gasteiger partial charge >= 0.3 is 5.69 Å². The zero-order chi connectivity index (χ0) is 20.0. The number of hydrogen-bond donors (Lipinski definition) is 1. The molecule has 3 heterocycles. The lowest BCUT2D eigenvalue weighted by Crippen LogP contribution is -2.38. The molecule has 1 aliphatic heterocycles. The Hall–Kier alpha value is -3.74. The van der Waals surface area contributed by atoms with E-state index in [0.29, 0.717) is 42.0 Å². The number of benzene rings is 2. The van der Waals surface area contributed by atoms with Gasteiger partial charge in [0.1, 0.15) is 11.5 Å². The third-order valence-corrected chi connectivity index (χ3v) is 5.26. The van der Waals surface area contributed by atoms with Gasteiger partial charge in [-0.2, -0.15) is 0 Å². The lowest BCUT2D eigenvalue weighted by atomic mass is 10.1. The molecule has 0 bridgehead atoms. The fraction of sp³-hybridized carbons (Fsp3) is 0.136. The van der Waals surface area contributed by atoms with Crippen molar-refractivity contribution in [2.45, 2.75) is 13.0 Å². The van der Waals surface area contributed by atoms with Gasteiger partial charge in [-0.05, 0) is 24.3 Å². The van der Waals surface area contributed by atoms with E-state index in [1.807, 2.05) is 18.2 Å². The third kappa shape index (κ3) is 2.91. The second-order valence-corrected chi connectivity index (χ2v) is 7.03. The van der Waals surface area contributed by atoms with Crippen LogP contribution >= 0.6 is 0 Å². The molecule has 0 atom stereocenters. The molecule has 7 heteroatoms. The number of aromatic nitrogens is 3. The van der Waals surface area contributed by atoms with Crippen molar-refractivity contribution >= 4 is 11.6 Å². The number of carbonyl (C=O) groups is 1. The average molecular weight is 388 g/mol. The number of fused-ring (bicyclic) bond motifs is 3. The highest BCUT2D eigenvalue weighted by Gasteiger charge is 2.26. The highest BCUT2D eigenvalue weighted by molar-refractivity contribution is 5.94. The molecule has 144 valence electrons. The van der Waals surface area contributed by atoms with Gasteiger partial charge in [-0.3, -0.25) is 9.20 Å². The first-order chi connectivity index (χ1) is 14.1. The minimum Gasteiger partial charge on any atom is -0.334 e. The van der Waals surface area contributed by atoms with E-state index < -0.39 is 5.82 Å². The monoisotopic (exact) mass is 388 g/mol. The summed E-state index contributed by atoms with van der Waals surface area (Å²) in [7, 11) is 0. The topological polar surface area (TPSA) is 70.5 Å². The summed E-state index contributed by atoms with van der Waals surface area (Å²) in [5, 5.41) is 0. The van der Waals surface area contributed by atoms with Gasteiger partial charge in [-0.1, -0.05) is 30.3 Å². The Labute approximate surface area is 165 Å². The van der Waals surface area contributed by atoms with Gasteiger partial charge in [0.15, 0.2) is 0 Å². The first kappa shape index (κ1) is 17.4. The molecule has 29 heavy (non-hydrogen) atoms. The van der Waals surface area contributed by atoms with E-state index in [0.717, 1.165) is 11.3 Å². The van der Waals surface area contributed by atoms with Crippen LogP contribution in [0.15, 0.2) is 65.6 Å². The maximum Gasteiger partial charge on any atom is 0.331 e. The molecule has 6 nitrogen and oxygen atoms in total. The second kappa shape index (κ2) is 6.70. The summed E-state index contributed by atoms with van der Waals surface area (Å²) in [6.45, 7) is 0.838. The number of amides is 1. The van der Waals surface area contributed by atoms with Gasteiger partial charge in [0.05, 0.1) is 12.2 Å². The van der Waals surface area contributed by atoms with E-state index in [1.54, 1.807) is 35.2 Å². The molecule has 5 rings (SSSR count). The molecule has 1 aliphatic rings. The zero-order valence-electron chi connectivity index (χ0n) is 15.4. The Kier molecular flexibility index (Phi) is 4.01. The van der Waals surface area contributed by atoms with Crippen LogP contribution in [0, 0.1) is 5.82 Å². The molecule has 0 saturated heterocycles. The van der Waals surface area contributed by atoms with Crippen molar-refractivity contribution in [2.24, 2.45) is 0 Å². The van der Waals surface area contributed by atoms with Crippen LogP contribution in [-0.2, 0) is 13.0 Å². The van der Waals surface area contributed by atoms with Crippen molar-refractivity contribution in [1.82, 2.24) is 19.3 Å². The molecule has 0 spiro atoms.